The lowest BCUT2D eigenvalue weighted by atomic mass is 9.98. The molecule has 1 N–H and O–H groups in total. The van der Waals surface area contributed by atoms with Gasteiger partial charge in [0.15, 0.2) is 0 Å². The van der Waals surface area contributed by atoms with Crippen LogP contribution >= 0.6 is 0 Å². The lowest BCUT2D eigenvalue weighted by Gasteiger charge is -2.17. The molecule has 0 aliphatic carbocycles. The average Bonchev–Trinajstić information content (AvgIpc) is 2.16. The zero-order valence-corrected chi connectivity index (χ0v) is 8.80. The fourth-order valence-corrected chi connectivity index (χ4v) is 1.72. The van der Waals surface area contributed by atoms with E-state index in [-0.39, 0.29) is 0 Å². The second-order valence-corrected chi connectivity index (χ2v) is 3.49. The predicted octanol–water partition coefficient (Wildman–Crippen LogP) is 3.06. The molecule has 72 valence electrons. The molecule has 0 amide bonds. The van der Waals surface area contributed by atoms with E-state index in [0.717, 1.165) is 0 Å². The lowest BCUT2D eigenvalue weighted by Crippen LogP contribution is -2.16. The molecule has 13 heavy (non-hydrogen) atoms. The Labute approximate surface area is 81.2 Å². The molecule has 1 rings (SSSR count). The van der Waals surface area contributed by atoms with E-state index in [2.05, 4.69) is 43.4 Å². The Hall–Kier alpha value is -0.820. The second kappa shape index (κ2) is 5.03. The van der Waals surface area contributed by atoms with Gasteiger partial charge in [0.05, 0.1) is 0 Å². The molecule has 0 radical (unpaired) electrons. The fourth-order valence-electron chi connectivity index (χ4n) is 1.72. The van der Waals surface area contributed by atoms with Crippen molar-refractivity contribution in [3.05, 3.63) is 35.4 Å². The second-order valence-electron chi connectivity index (χ2n) is 3.49. The standard InChI is InChI=1S/C12H19N/c1-4-7-12(13-3)11-9-6-5-8-10(11)2/h5-6,8-9,12-13H,4,7H2,1-3H3/t12-/m0/s1. The maximum absolute atomic E-state index is 3.36. The first kappa shape index (κ1) is 10.3. The molecule has 1 nitrogen and oxygen atoms in total. The smallest absolute Gasteiger partial charge is 0.0320 e. The normalized spacial score (nSPS) is 12.8. The molecule has 0 saturated carbocycles. The van der Waals surface area contributed by atoms with Crippen molar-refractivity contribution in [2.24, 2.45) is 0 Å². The van der Waals surface area contributed by atoms with Crippen molar-refractivity contribution in [3.63, 3.8) is 0 Å². The van der Waals surface area contributed by atoms with Crippen molar-refractivity contribution in [2.75, 3.05) is 7.05 Å². The molecule has 0 heterocycles. The van der Waals surface area contributed by atoms with Crippen LogP contribution in [0, 0.1) is 6.92 Å². The molecule has 1 aromatic carbocycles. The van der Waals surface area contributed by atoms with Crippen LogP contribution in [0.3, 0.4) is 0 Å². The van der Waals surface area contributed by atoms with Gasteiger partial charge in [0.25, 0.3) is 0 Å². The minimum atomic E-state index is 0.520. The zero-order chi connectivity index (χ0) is 9.68. The summed E-state index contributed by atoms with van der Waals surface area (Å²) in [6.45, 7) is 4.40. The Morgan fingerprint density at radius 3 is 2.54 bits per heavy atom. The highest BCUT2D eigenvalue weighted by Crippen LogP contribution is 2.20. The SMILES string of the molecule is CCC[C@H](NC)c1ccccc1C. The number of hydrogen-bond acceptors (Lipinski definition) is 1. The van der Waals surface area contributed by atoms with Crippen molar-refractivity contribution in [1.29, 1.82) is 0 Å². The molecule has 0 aromatic heterocycles. The van der Waals surface area contributed by atoms with Gasteiger partial charge in [-0.25, -0.2) is 0 Å². The number of benzene rings is 1. The Morgan fingerprint density at radius 2 is 2.00 bits per heavy atom. The van der Waals surface area contributed by atoms with Gasteiger partial charge >= 0.3 is 0 Å². The van der Waals surface area contributed by atoms with Gasteiger partial charge in [0.2, 0.25) is 0 Å². The van der Waals surface area contributed by atoms with E-state index < -0.39 is 0 Å². The average molecular weight is 177 g/mol. The summed E-state index contributed by atoms with van der Waals surface area (Å²) in [4.78, 5) is 0. The van der Waals surface area contributed by atoms with Crippen molar-refractivity contribution >= 4 is 0 Å². The van der Waals surface area contributed by atoms with Gasteiger partial charge < -0.3 is 5.32 Å². The first-order valence-corrected chi connectivity index (χ1v) is 5.02. The van der Waals surface area contributed by atoms with Crippen LogP contribution in [0.5, 0.6) is 0 Å². The highest BCUT2D eigenvalue weighted by atomic mass is 14.9. The number of aryl methyl sites for hydroxylation is 1. The lowest BCUT2D eigenvalue weighted by molar-refractivity contribution is 0.539. The predicted molar refractivity (Wildman–Crippen MR) is 57.9 cm³/mol. The first-order valence-electron chi connectivity index (χ1n) is 5.02. The van der Waals surface area contributed by atoms with E-state index in [1.165, 1.54) is 24.0 Å². The highest BCUT2D eigenvalue weighted by molar-refractivity contribution is 5.28. The summed E-state index contributed by atoms with van der Waals surface area (Å²) in [5.41, 5.74) is 2.82. The summed E-state index contributed by atoms with van der Waals surface area (Å²) in [6, 6.07) is 9.12. The zero-order valence-electron chi connectivity index (χ0n) is 8.80. The highest BCUT2D eigenvalue weighted by Gasteiger charge is 2.08. The summed E-state index contributed by atoms with van der Waals surface area (Å²) in [7, 11) is 2.03. The number of nitrogens with one attached hydrogen (secondary N) is 1. The third-order valence-corrected chi connectivity index (χ3v) is 2.49. The van der Waals surface area contributed by atoms with E-state index in [9.17, 15) is 0 Å². The van der Waals surface area contributed by atoms with Gasteiger partial charge in [-0.05, 0) is 31.5 Å². The van der Waals surface area contributed by atoms with Gasteiger partial charge in [-0.3, -0.25) is 0 Å². The third-order valence-electron chi connectivity index (χ3n) is 2.49. The van der Waals surface area contributed by atoms with Crippen molar-refractivity contribution in [1.82, 2.24) is 5.32 Å². The topological polar surface area (TPSA) is 12.0 Å². The number of rotatable bonds is 4. The van der Waals surface area contributed by atoms with E-state index in [1.54, 1.807) is 0 Å². The molecule has 0 unspecified atom stereocenters. The van der Waals surface area contributed by atoms with Crippen molar-refractivity contribution in [2.45, 2.75) is 32.7 Å². The van der Waals surface area contributed by atoms with E-state index >= 15 is 0 Å². The Kier molecular flexibility index (Phi) is 3.97. The largest absolute Gasteiger partial charge is 0.313 e. The van der Waals surface area contributed by atoms with Crippen LogP contribution in [-0.4, -0.2) is 7.05 Å². The Morgan fingerprint density at radius 1 is 1.31 bits per heavy atom. The van der Waals surface area contributed by atoms with Crippen molar-refractivity contribution in [3.8, 4) is 0 Å². The third kappa shape index (κ3) is 2.56. The van der Waals surface area contributed by atoms with Crippen LogP contribution < -0.4 is 5.32 Å². The van der Waals surface area contributed by atoms with E-state index in [1.807, 2.05) is 7.05 Å². The van der Waals surface area contributed by atoms with Gasteiger partial charge in [0, 0.05) is 6.04 Å². The van der Waals surface area contributed by atoms with Gasteiger partial charge in [-0.1, -0.05) is 37.6 Å². The fraction of sp³-hybridized carbons (Fsp3) is 0.500. The molecule has 1 aromatic rings. The van der Waals surface area contributed by atoms with Gasteiger partial charge in [0.1, 0.15) is 0 Å². The van der Waals surface area contributed by atoms with Crippen LogP contribution in [0.4, 0.5) is 0 Å². The van der Waals surface area contributed by atoms with E-state index in [0.29, 0.717) is 6.04 Å². The first-order chi connectivity index (χ1) is 6.29. The van der Waals surface area contributed by atoms with Gasteiger partial charge in [-0.2, -0.15) is 0 Å². The van der Waals surface area contributed by atoms with Gasteiger partial charge in [-0.15, -0.1) is 0 Å². The number of hydrogen-bond donors (Lipinski definition) is 1. The minimum absolute atomic E-state index is 0.520. The Bertz CT molecular complexity index is 255. The summed E-state index contributed by atoms with van der Waals surface area (Å²) < 4.78 is 0. The maximum Gasteiger partial charge on any atom is 0.0320 e. The van der Waals surface area contributed by atoms with E-state index in [4.69, 9.17) is 0 Å². The monoisotopic (exact) mass is 177 g/mol. The van der Waals surface area contributed by atoms with Crippen LogP contribution in [0.25, 0.3) is 0 Å². The van der Waals surface area contributed by atoms with Crippen LogP contribution in [0.2, 0.25) is 0 Å². The molecule has 0 aliphatic heterocycles. The molecule has 0 aliphatic rings. The van der Waals surface area contributed by atoms with Crippen LogP contribution in [-0.2, 0) is 0 Å². The Balaban J connectivity index is 2.84. The summed E-state index contributed by atoms with van der Waals surface area (Å²) >= 11 is 0. The molecular weight excluding hydrogens is 158 g/mol. The van der Waals surface area contributed by atoms with Crippen LogP contribution in [0.15, 0.2) is 24.3 Å². The molecule has 0 fully saturated rings. The molecular formula is C12H19N. The molecule has 0 bridgehead atoms. The summed E-state index contributed by atoms with van der Waals surface area (Å²) in [5, 5.41) is 3.36. The minimum Gasteiger partial charge on any atom is -0.313 e. The summed E-state index contributed by atoms with van der Waals surface area (Å²) in [6.07, 6.45) is 2.43. The summed E-state index contributed by atoms with van der Waals surface area (Å²) in [5.74, 6) is 0. The molecule has 1 atom stereocenters. The molecule has 0 spiro atoms. The maximum atomic E-state index is 3.36. The molecule has 1 heteroatoms. The quantitative estimate of drug-likeness (QED) is 0.745. The van der Waals surface area contributed by atoms with Crippen molar-refractivity contribution < 1.29 is 0 Å². The molecule has 0 saturated heterocycles. The van der Waals surface area contributed by atoms with Crippen LogP contribution in [0.1, 0.15) is 36.9 Å².